The van der Waals surface area contributed by atoms with Crippen LogP contribution in [0.5, 0.6) is 0 Å². The van der Waals surface area contributed by atoms with E-state index in [1.54, 1.807) is 34.3 Å². The fourth-order valence-electron chi connectivity index (χ4n) is 8.05. The van der Waals surface area contributed by atoms with E-state index in [2.05, 4.69) is 0 Å². The van der Waals surface area contributed by atoms with Crippen molar-refractivity contribution in [2.75, 3.05) is 50.5 Å². The number of ether oxygens (including phenoxy) is 4. The molecular weight excluding hydrogens is 833 g/mol. The van der Waals surface area contributed by atoms with Gasteiger partial charge >= 0.3 is 23.9 Å². The minimum absolute atomic E-state index is 0.176. The van der Waals surface area contributed by atoms with E-state index in [1.165, 1.54) is 24.3 Å². The zero-order valence-corrected chi connectivity index (χ0v) is 36.0. The molecule has 0 aliphatic heterocycles. The van der Waals surface area contributed by atoms with Crippen LogP contribution in [0, 0.1) is 0 Å². The lowest BCUT2D eigenvalue weighted by Gasteiger charge is -2.15. The van der Waals surface area contributed by atoms with Gasteiger partial charge in [-0.3, -0.25) is 10.0 Å². The normalized spacial score (nSPS) is 12.9. The second-order valence-electron chi connectivity index (χ2n) is 15.3. The van der Waals surface area contributed by atoms with Crippen molar-refractivity contribution in [3.05, 3.63) is 214 Å². The number of benzene rings is 7. The van der Waals surface area contributed by atoms with Gasteiger partial charge in [0.1, 0.15) is 26.4 Å². The fraction of sp³-hybridized carbons (Fsp3) is 0.111. The van der Waals surface area contributed by atoms with Gasteiger partial charge in [-0.1, -0.05) is 109 Å². The van der Waals surface area contributed by atoms with Gasteiger partial charge in [0.25, 0.3) is 0 Å². The monoisotopic (exact) mass is 874 g/mol. The minimum atomic E-state index is -0.660. The highest BCUT2D eigenvalue weighted by Crippen LogP contribution is 2.41. The summed E-state index contributed by atoms with van der Waals surface area (Å²) in [6.07, 6.45) is 0. The van der Waals surface area contributed by atoms with Gasteiger partial charge in [-0.2, -0.15) is 10.2 Å². The van der Waals surface area contributed by atoms with Gasteiger partial charge < -0.3 is 18.9 Å². The van der Waals surface area contributed by atoms with E-state index in [4.69, 9.17) is 29.2 Å². The van der Waals surface area contributed by atoms with E-state index in [1.807, 2.05) is 135 Å². The van der Waals surface area contributed by atoms with E-state index in [9.17, 15) is 19.2 Å². The first-order valence-corrected chi connectivity index (χ1v) is 21.3. The van der Waals surface area contributed by atoms with E-state index in [-0.39, 0.29) is 37.6 Å². The van der Waals surface area contributed by atoms with Crippen molar-refractivity contribution in [3.63, 3.8) is 0 Å². The van der Waals surface area contributed by atoms with Crippen molar-refractivity contribution in [1.29, 1.82) is 0 Å². The maximum atomic E-state index is 13.4. The SMILES string of the molecule is CN(N=C1c2ccccc2-c2c(C(=O)OCCOC(=O)c3ccc(C(=O)OCCOC(=O)c4cccc5c4-c4ccccc4C5=NN(C)c4ccccc4)cc3)cccc21)c1ccccc1. The van der Waals surface area contributed by atoms with E-state index in [0.29, 0.717) is 11.1 Å². The molecule has 0 aromatic heterocycles. The number of para-hydroxylation sites is 2. The topological polar surface area (TPSA) is 136 Å². The molecule has 0 N–H and O–H groups in total. The Hall–Kier alpha value is -8.64. The molecule has 0 saturated carbocycles. The summed E-state index contributed by atoms with van der Waals surface area (Å²) in [5.74, 6) is -2.44. The van der Waals surface area contributed by atoms with Crippen LogP contribution in [0.2, 0.25) is 0 Å². The second-order valence-corrected chi connectivity index (χ2v) is 15.3. The number of carbonyl (C=O) groups is 4. The maximum Gasteiger partial charge on any atom is 0.338 e. The summed E-state index contributed by atoms with van der Waals surface area (Å²) in [5.41, 5.74) is 11.0. The molecule has 7 aromatic carbocycles. The summed E-state index contributed by atoms with van der Waals surface area (Å²) >= 11 is 0. The van der Waals surface area contributed by atoms with E-state index >= 15 is 0 Å². The molecular formula is C54H42N4O8. The van der Waals surface area contributed by atoms with Crippen molar-refractivity contribution < 1.29 is 38.1 Å². The number of nitrogens with zero attached hydrogens (tertiary/aromatic N) is 4. The van der Waals surface area contributed by atoms with Gasteiger partial charge in [-0.15, -0.1) is 0 Å². The van der Waals surface area contributed by atoms with Crippen LogP contribution in [0.1, 0.15) is 63.7 Å². The maximum absolute atomic E-state index is 13.4. The van der Waals surface area contributed by atoms with Gasteiger partial charge in [-0.05, 0) is 71.8 Å². The Morgan fingerprint density at radius 1 is 0.364 bits per heavy atom. The summed E-state index contributed by atoms with van der Waals surface area (Å²) in [4.78, 5) is 52.6. The van der Waals surface area contributed by atoms with Crippen LogP contribution in [-0.4, -0.2) is 75.8 Å². The number of hydrogen-bond donors (Lipinski definition) is 0. The number of hydrogen-bond acceptors (Lipinski definition) is 12. The summed E-state index contributed by atoms with van der Waals surface area (Å²) in [6, 6.07) is 51.7. The molecule has 9 rings (SSSR count). The number of carbonyl (C=O) groups excluding carboxylic acids is 4. The Morgan fingerprint density at radius 3 is 1.06 bits per heavy atom. The Bertz CT molecular complexity index is 2840. The average Bonchev–Trinajstić information content (AvgIpc) is 3.86. The molecule has 0 spiro atoms. The molecule has 326 valence electrons. The molecule has 0 amide bonds. The zero-order chi connectivity index (χ0) is 45.6. The molecule has 0 fully saturated rings. The average molecular weight is 875 g/mol. The Kier molecular flexibility index (Phi) is 12.3. The third kappa shape index (κ3) is 8.67. The molecule has 2 aliphatic rings. The highest BCUT2D eigenvalue weighted by Gasteiger charge is 2.32. The predicted octanol–water partition coefficient (Wildman–Crippen LogP) is 9.45. The lowest BCUT2D eigenvalue weighted by atomic mass is 9.99. The fourth-order valence-corrected chi connectivity index (χ4v) is 8.05. The number of anilines is 2. The van der Waals surface area contributed by atoms with Gasteiger partial charge in [0.05, 0.1) is 45.1 Å². The molecule has 2 aliphatic carbocycles. The first-order valence-electron chi connectivity index (χ1n) is 21.3. The summed E-state index contributed by atoms with van der Waals surface area (Å²) in [7, 11) is 3.76. The summed E-state index contributed by atoms with van der Waals surface area (Å²) in [6.45, 7) is -0.730. The number of esters is 4. The first kappa shape index (κ1) is 42.7. The van der Waals surface area contributed by atoms with Crippen molar-refractivity contribution in [2.45, 2.75) is 0 Å². The number of rotatable bonds is 14. The van der Waals surface area contributed by atoms with Crippen LogP contribution in [0.25, 0.3) is 22.3 Å². The first-order chi connectivity index (χ1) is 32.3. The lowest BCUT2D eigenvalue weighted by molar-refractivity contribution is 0.0263. The van der Waals surface area contributed by atoms with Crippen LogP contribution in [0.15, 0.2) is 180 Å². The predicted molar refractivity (Wildman–Crippen MR) is 252 cm³/mol. The molecule has 7 aromatic rings. The Balaban J connectivity index is 0.759. The highest BCUT2D eigenvalue weighted by molar-refractivity contribution is 6.28. The molecule has 0 unspecified atom stereocenters. The zero-order valence-electron chi connectivity index (χ0n) is 36.0. The lowest BCUT2D eigenvalue weighted by Crippen LogP contribution is -2.16. The van der Waals surface area contributed by atoms with Gasteiger partial charge in [0.2, 0.25) is 0 Å². The molecule has 0 saturated heterocycles. The van der Waals surface area contributed by atoms with Gasteiger partial charge in [0.15, 0.2) is 0 Å². The van der Waals surface area contributed by atoms with Crippen molar-refractivity contribution in [2.24, 2.45) is 10.2 Å². The van der Waals surface area contributed by atoms with E-state index < -0.39 is 23.9 Å². The summed E-state index contributed by atoms with van der Waals surface area (Å²) < 4.78 is 21.9. The molecule has 66 heavy (non-hydrogen) atoms. The van der Waals surface area contributed by atoms with Crippen molar-refractivity contribution in [1.82, 2.24) is 0 Å². The molecule has 0 radical (unpaired) electrons. The molecule has 0 atom stereocenters. The molecule has 0 heterocycles. The standard InChI is InChI=1S/C54H42N4O8/c1-57(37-15-5-3-6-16-37)55-49-41-21-11-9-19-39(41)47-43(49)23-13-25-45(47)53(61)65-33-31-63-51(59)35-27-29-36(30-28-35)52(60)64-32-34-66-54(62)46-26-14-24-44-48(46)40-20-10-12-22-42(40)50(44)56-58(2)38-17-7-4-8-18-38/h3-30H,31-34H2,1-2H3. The molecule has 12 heteroatoms. The Labute approximate surface area is 380 Å². The van der Waals surface area contributed by atoms with Crippen LogP contribution in [0.4, 0.5) is 11.4 Å². The molecule has 12 nitrogen and oxygen atoms in total. The van der Waals surface area contributed by atoms with Gasteiger partial charge in [0, 0.05) is 47.5 Å². The quantitative estimate of drug-likeness (QED) is 0.0450. The largest absolute Gasteiger partial charge is 0.458 e. The minimum Gasteiger partial charge on any atom is -0.458 e. The highest BCUT2D eigenvalue weighted by atomic mass is 16.6. The van der Waals surface area contributed by atoms with Crippen molar-refractivity contribution in [3.8, 4) is 22.3 Å². The summed E-state index contributed by atoms with van der Waals surface area (Å²) in [5, 5.41) is 13.4. The number of hydrazone groups is 2. The van der Waals surface area contributed by atoms with E-state index in [0.717, 1.165) is 67.3 Å². The van der Waals surface area contributed by atoms with Crippen LogP contribution in [-0.2, 0) is 18.9 Å². The van der Waals surface area contributed by atoms with Gasteiger partial charge in [-0.25, -0.2) is 19.2 Å². The molecule has 0 bridgehead atoms. The third-order valence-corrected chi connectivity index (χ3v) is 11.2. The van der Waals surface area contributed by atoms with Crippen molar-refractivity contribution >= 4 is 46.7 Å². The smallest absolute Gasteiger partial charge is 0.338 e. The van der Waals surface area contributed by atoms with Crippen LogP contribution in [0.3, 0.4) is 0 Å². The third-order valence-electron chi connectivity index (χ3n) is 11.2. The Morgan fingerprint density at radius 2 is 0.682 bits per heavy atom. The van der Waals surface area contributed by atoms with Crippen LogP contribution >= 0.6 is 0 Å². The second kappa shape index (κ2) is 19.0. The number of fused-ring (bicyclic) bond motifs is 6. The van der Waals surface area contributed by atoms with Crippen LogP contribution < -0.4 is 10.0 Å².